The highest BCUT2D eigenvalue weighted by Gasteiger charge is 2.40. The topological polar surface area (TPSA) is 80.0 Å². The predicted octanol–water partition coefficient (Wildman–Crippen LogP) is 1.93. The van der Waals surface area contributed by atoms with Crippen molar-refractivity contribution in [1.82, 2.24) is 29.6 Å². The van der Waals surface area contributed by atoms with E-state index in [2.05, 4.69) is 20.2 Å². The molecule has 1 aliphatic heterocycles. The van der Waals surface area contributed by atoms with Crippen LogP contribution in [0, 0.1) is 0 Å². The molecule has 0 saturated carbocycles. The van der Waals surface area contributed by atoms with E-state index in [0.717, 1.165) is 10.3 Å². The van der Waals surface area contributed by atoms with Crippen LogP contribution < -0.4 is 4.90 Å². The maximum atomic E-state index is 12.9. The highest BCUT2D eigenvalue weighted by molar-refractivity contribution is 5.92. The summed E-state index contributed by atoms with van der Waals surface area (Å²) in [5.74, 6) is -0.803. The Balaban J connectivity index is 1.88. The second kappa shape index (κ2) is 6.78. The van der Waals surface area contributed by atoms with Gasteiger partial charge < -0.3 is 14.4 Å². The Morgan fingerprint density at radius 3 is 2.48 bits per heavy atom. The molecule has 2 aromatic heterocycles. The fraction of sp³-hybridized carbons (Fsp3) is 0.562. The molecule has 0 unspecified atom stereocenters. The van der Waals surface area contributed by atoms with Crippen molar-refractivity contribution in [2.45, 2.75) is 39.0 Å². The van der Waals surface area contributed by atoms with Crippen molar-refractivity contribution in [3.8, 4) is 0 Å². The van der Waals surface area contributed by atoms with Crippen molar-refractivity contribution < 1.29 is 18.0 Å². The van der Waals surface area contributed by atoms with Gasteiger partial charge in [0.25, 0.3) is 5.91 Å². The molecule has 146 valence electrons. The molecule has 0 atom stereocenters. The van der Waals surface area contributed by atoms with Gasteiger partial charge in [-0.1, -0.05) is 13.8 Å². The lowest BCUT2D eigenvalue weighted by atomic mass is 10.1. The van der Waals surface area contributed by atoms with E-state index in [-0.39, 0.29) is 43.0 Å². The van der Waals surface area contributed by atoms with Gasteiger partial charge in [-0.3, -0.25) is 4.79 Å². The summed E-state index contributed by atoms with van der Waals surface area (Å²) in [5, 5.41) is 6.83. The summed E-state index contributed by atoms with van der Waals surface area (Å²) in [4.78, 5) is 24.7. The smallest absolute Gasteiger partial charge is 0.347 e. The van der Waals surface area contributed by atoms with Crippen LogP contribution in [-0.4, -0.2) is 56.2 Å². The maximum Gasteiger partial charge on any atom is 0.451 e. The van der Waals surface area contributed by atoms with E-state index in [1.807, 2.05) is 13.8 Å². The monoisotopic (exact) mass is 383 g/mol. The molecule has 0 N–H and O–H groups in total. The van der Waals surface area contributed by atoms with Crippen LogP contribution in [0.1, 0.15) is 47.6 Å². The van der Waals surface area contributed by atoms with Crippen molar-refractivity contribution in [2.24, 2.45) is 0 Å². The average Bonchev–Trinajstić information content (AvgIpc) is 3.04. The number of fused-ring (bicyclic) bond motifs is 1. The molecule has 8 nitrogen and oxygen atoms in total. The molecule has 0 radical (unpaired) electrons. The quantitative estimate of drug-likeness (QED) is 0.806. The Hall–Kier alpha value is -2.72. The molecule has 0 saturated heterocycles. The van der Waals surface area contributed by atoms with E-state index in [4.69, 9.17) is 0 Å². The zero-order valence-electron chi connectivity index (χ0n) is 15.4. The van der Waals surface area contributed by atoms with Gasteiger partial charge in [0.15, 0.2) is 5.82 Å². The third-order valence-corrected chi connectivity index (χ3v) is 4.24. The number of hydrogen-bond donors (Lipinski definition) is 0. The average molecular weight is 383 g/mol. The zero-order chi connectivity index (χ0) is 19.9. The van der Waals surface area contributed by atoms with E-state index in [1.165, 1.54) is 4.90 Å². The number of rotatable bonds is 3. The number of anilines is 1. The minimum absolute atomic E-state index is 0.0222. The normalized spacial score (nSPS) is 14.4. The van der Waals surface area contributed by atoms with E-state index >= 15 is 0 Å². The Morgan fingerprint density at radius 1 is 1.19 bits per heavy atom. The van der Waals surface area contributed by atoms with Gasteiger partial charge in [-0.05, 0) is 12.0 Å². The van der Waals surface area contributed by atoms with Crippen LogP contribution in [0.2, 0.25) is 0 Å². The minimum atomic E-state index is -4.57. The number of hydrogen-bond acceptors (Lipinski definition) is 6. The summed E-state index contributed by atoms with van der Waals surface area (Å²) in [7, 11) is 3.55. The van der Waals surface area contributed by atoms with Gasteiger partial charge in [0, 0.05) is 32.9 Å². The number of aromatic nitrogens is 5. The summed E-state index contributed by atoms with van der Waals surface area (Å²) in [6, 6.07) is 1.63. The van der Waals surface area contributed by atoms with Gasteiger partial charge in [-0.2, -0.15) is 13.2 Å². The second-order valence-electron chi connectivity index (χ2n) is 6.84. The molecule has 1 amide bonds. The summed E-state index contributed by atoms with van der Waals surface area (Å²) >= 11 is 0. The first-order chi connectivity index (χ1) is 12.6. The first kappa shape index (κ1) is 19.1. The molecule has 0 aliphatic carbocycles. The van der Waals surface area contributed by atoms with Gasteiger partial charge in [0.1, 0.15) is 5.69 Å². The van der Waals surface area contributed by atoms with Crippen molar-refractivity contribution >= 4 is 11.9 Å². The van der Waals surface area contributed by atoms with E-state index in [1.54, 1.807) is 25.1 Å². The third-order valence-electron chi connectivity index (χ3n) is 4.24. The Kier molecular flexibility index (Phi) is 4.79. The number of carbonyl (C=O) groups excluding carboxylic acids is 1. The van der Waals surface area contributed by atoms with Crippen molar-refractivity contribution in [3.63, 3.8) is 0 Å². The molecule has 0 aromatic carbocycles. The fourth-order valence-electron chi connectivity index (χ4n) is 2.76. The van der Waals surface area contributed by atoms with Crippen LogP contribution in [0.25, 0.3) is 0 Å². The number of nitrogens with zero attached hydrogens (tertiary/aromatic N) is 7. The molecule has 2 aromatic rings. The van der Waals surface area contributed by atoms with Crippen LogP contribution in [0.4, 0.5) is 19.1 Å². The maximum absolute atomic E-state index is 12.9. The Bertz CT molecular complexity index is 834. The van der Waals surface area contributed by atoms with Crippen LogP contribution in [0.5, 0.6) is 0 Å². The Morgan fingerprint density at radius 2 is 1.89 bits per heavy atom. The van der Waals surface area contributed by atoms with E-state index in [9.17, 15) is 18.0 Å². The second-order valence-corrected chi connectivity index (χ2v) is 6.84. The lowest BCUT2D eigenvalue weighted by Crippen LogP contribution is -2.40. The number of halogens is 3. The van der Waals surface area contributed by atoms with Crippen LogP contribution in [0.15, 0.2) is 6.07 Å². The molecule has 3 heterocycles. The molecule has 1 aliphatic rings. The highest BCUT2D eigenvalue weighted by Crippen LogP contribution is 2.29. The van der Waals surface area contributed by atoms with Crippen molar-refractivity contribution in [2.75, 3.05) is 25.5 Å². The lowest BCUT2D eigenvalue weighted by Gasteiger charge is -2.28. The third kappa shape index (κ3) is 3.71. The highest BCUT2D eigenvalue weighted by atomic mass is 19.4. The molecule has 3 rings (SSSR count). The first-order valence-corrected chi connectivity index (χ1v) is 8.42. The van der Waals surface area contributed by atoms with Crippen LogP contribution >= 0.6 is 0 Å². The largest absolute Gasteiger partial charge is 0.451 e. The van der Waals surface area contributed by atoms with Crippen molar-refractivity contribution in [3.05, 3.63) is 29.1 Å². The standard InChI is InChI=1S/C16H20F3N7O/c1-9(2)10-7-11(21-15(20-10)24(3)4)13(27)25-5-6-26-12(8-25)22-23-14(26)16(17,18)19/h7,9H,5-6,8H2,1-4H3. The van der Waals surface area contributed by atoms with Gasteiger partial charge >= 0.3 is 6.18 Å². The Labute approximate surface area is 154 Å². The van der Waals surface area contributed by atoms with Gasteiger partial charge in [0.2, 0.25) is 11.8 Å². The molecule has 0 spiro atoms. The predicted molar refractivity (Wildman–Crippen MR) is 90.2 cm³/mol. The number of amides is 1. The van der Waals surface area contributed by atoms with Gasteiger partial charge in [-0.15, -0.1) is 10.2 Å². The summed E-state index contributed by atoms with van der Waals surface area (Å²) in [5.41, 5.74) is 0.929. The van der Waals surface area contributed by atoms with Crippen LogP contribution in [-0.2, 0) is 19.3 Å². The summed E-state index contributed by atoms with van der Waals surface area (Å²) in [6.07, 6.45) is -4.57. The van der Waals surface area contributed by atoms with E-state index in [0.29, 0.717) is 5.95 Å². The molecule has 11 heteroatoms. The molecule has 0 bridgehead atoms. The molecular formula is C16H20F3N7O. The molecule has 27 heavy (non-hydrogen) atoms. The molecular weight excluding hydrogens is 363 g/mol. The number of carbonyl (C=O) groups is 1. The molecule has 0 fully saturated rings. The lowest BCUT2D eigenvalue weighted by molar-refractivity contribution is -0.147. The van der Waals surface area contributed by atoms with Crippen LogP contribution in [0.3, 0.4) is 0 Å². The minimum Gasteiger partial charge on any atom is -0.347 e. The first-order valence-electron chi connectivity index (χ1n) is 8.42. The zero-order valence-corrected chi connectivity index (χ0v) is 15.4. The summed E-state index contributed by atoms with van der Waals surface area (Å²) in [6.45, 7) is 3.95. The fourth-order valence-corrected chi connectivity index (χ4v) is 2.76. The number of alkyl halides is 3. The summed E-state index contributed by atoms with van der Waals surface area (Å²) < 4.78 is 39.8. The van der Waals surface area contributed by atoms with Gasteiger partial charge in [0.05, 0.1) is 6.54 Å². The van der Waals surface area contributed by atoms with E-state index < -0.39 is 12.0 Å². The SMILES string of the molecule is CC(C)c1cc(C(=O)N2CCn3c(nnc3C(F)(F)F)C2)nc(N(C)C)n1. The van der Waals surface area contributed by atoms with Crippen molar-refractivity contribution in [1.29, 1.82) is 0 Å². The van der Waals surface area contributed by atoms with Gasteiger partial charge in [-0.25, -0.2) is 9.97 Å².